The lowest BCUT2D eigenvalue weighted by Crippen LogP contribution is -2.04. The van der Waals surface area contributed by atoms with Gasteiger partial charge in [-0.15, -0.1) is 0 Å². The Kier molecular flexibility index (Phi) is 3.54. The van der Waals surface area contributed by atoms with Crippen LogP contribution in [0, 0.1) is 0 Å². The van der Waals surface area contributed by atoms with Gasteiger partial charge in [-0.3, -0.25) is 0 Å². The molecule has 0 aliphatic rings. The van der Waals surface area contributed by atoms with Crippen LogP contribution in [0.25, 0.3) is 22.0 Å². The van der Waals surface area contributed by atoms with E-state index >= 15 is 0 Å². The number of nitrogens with zero attached hydrogens (tertiary/aromatic N) is 2. The first-order valence-corrected chi connectivity index (χ1v) is 6.66. The minimum Gasteiger partial charge on any atom is -0.465 e. The molecule has 0 amide bonds. The Hall–Kier alpha value is -2.46. The molecular formula is C16H11ClN2O2. The maximum atomic E-state index is 11.9. The van der Waals surface area contributed by atoms with Crippen LogP contribution in [0.3, 0.4) is 0 Å². The molecule has 0 fully saturated rings. The molecule has 0 bridgehead atoms. The monoisotopic (exact) mass is 298 g/mol. The number of hydrogen-bond acceptors (Lipinski definition) is 4. The third-order valence-electron chi connectivity index (χ3n) is 3.20. The lowest BCUT2D eigenvalue weighted by atomic mass is 9.99. The number of carbonyl (C=O) groups excluding carboxylic acids is 1. The highest BCUT2D eigenvalue weighted by molar-refractivity contribution is 6.38. The normalized spacial score (nSPS) is 10.6. The molecule has 5 heteroatoms. The highest BCUT2D eigenvalue weighted by atomic mass is 35.5. The first kappa shape index (κ1) is 13.5. The van der Waals surface area contributed by atoms with Crippen LogP contribution in [-0.4, -0.2) is 23.0 Å². The quantitative estimate of drug-likeness (QED) is 0.676. The summed E-state index contributed by atoms with van der Waals surface area (Å²) in [6.45, 7) is 0. The van der Waals surface area contributed by atoms with Crippen molar-refractivity contribution < 1.29 is 9.53 Å². The van der Waals surface area contributed by atoms with Crippen molar-refractivity contribution >= 4 is 28.5 Å². The lowest BCUT2D eigenvalue weighted by molar-refractivity contribution is 0.0601. The summed E-state index contributed by atoms with van der Waals surface area (Å²) in [7, 11) is 1.33. The van der Waals surface area contributed by atoms with E-state index in [9.17, 15) is 4.79 Å². The van der Waals surface area contributed by atoms with Gasteiger partial charge in [0.25, 0.3) is 0 Å². The number of halogens is 1. The summed E-state index contributed by atoms with van der Waals surface area (Å²) in [5.74, 6) is -0.483. The van der Waals surface area contributed by atoms with Gasteiger partial charge in [-0.1, -0.05) is 41.9 Å². The Balaban J connectivity index is 2.40. The minimum atomic E-state index is -0.483. The molecule has 1 heterocycles. The van der Waals surface area contributed by atoms with E-state index in [0.29, 0.717) is 21.7 Å². The number of benzene rings is 2. The standard InChI is InChI=1S/C16H11ClN2O2/c1-21-16(20)12-7-11-8-18-9-19-15(11)13(14(12)17)10-5-3-2-4-6-10/h2-9H,1H3. The van der Waals surface area contributed by atoms with Crippen LogP contribution in [0.1, 0.15) is 10.4 Å². The summed E-state index contributed by atoms with van der Waals surface area (Å²) in [5.41, 5.74) is 2.60. The zero-order valence-corrected chi connectivity index (χ0v) is 12.0. The summed E-state index contributed by atoms with van der Waals surface area (Å²) in [6.07, 6.45) is 3.11. The third kappa shape index (κ3) is 2.34. The fourth-order valence-electron chi connectivity index (χ4n) is 2.24. The predicted molar refractivity (Wildman–Crippen MR) is 81.3 cm³/mol. The molecule has 0 unspecified atom stereocenters. The molecular weight excluding hydrogens is 288 g/mol. The zero-order valence-electron chi connectivity index (χ0n) is 11.2. The van der Waals surface area contributed by atoms with E-state index in [2.05, 4.69) is 9.97 Å². The second-order valence-corrected chi connectivity index (χ2v) is 4.81. The summed E-state index contributed by atoms with van der Waals surface area (Å²) in [6, 6.07) is 11.2. The van der Waals surface area contributed by atoms with Gasteiger partial charge in [0.05, 0.1) is 23.2 Å². The van der Waals surface area contributed by atoms with E-state index in [1.807, 2.05) is 30.3 Å². The Labute approximate surface area is 126 Å². The molecule has 4 nitrogen and oxygen atoms in total. The van der Waals surface area contributed by atoms with Crippen LogP contribution in [0.5, 0.6) is 0 Å². The van der Waals surface area contributed by atoms with E-state index in [4.69, 9.17) is 16.3 Å². The van der Waals surface area contributed by atoms with Gasteiger partial charge in [0.1, 0.15) is 6.33 Å². The van der Waals surface area contributed by atoms with Gasteiger partial charge >= 0.3 is 5.97 Å². The average Bonchev–Trinajstić information content (AvgIpc) is 2.54. The van der Waals surface area contributed by atoms with Gasteiger partial charge in [0.2, 0.25) is 0 Å². The molecule has 0 radical (unpaired) electrons. The number of fused-ring (bicyclic) bond motifs is 1. The van der Waals surface area contributed by atoms with Gasteiger partial charge in [-0.25, -0.2) is 14.8 Å². The highest BCUT2D eigenvalue weighted by Gasteiger charge is 2.19. The van der Waals surface area contributed by atoms with Crippen molar-refractivity contribution in [3.05, 3.63) is 59.5 Å². The molecule has 0 atom stereocenters. The summed E-state index contributed by atoms with van der Waals surface area (Å²) >= 11 is 6.43. The molecule has 104 valence electrons. The molecule has 2 aromatic carbocycles. The van der Waals surface area contributed by atoms with Crippen molar-refractivity contribution in [1.29, 1.82) is 0 Å². The van der Waals surface area contributed by atoms with Crippen molar-refractivity contribution in [2.24, 2.45) is 0 Å². The minimum absolute atomic E-state index is 0.306. The number of methoxy groups -OCH3 is 1. The molecule has 1 aromatic heterocycles. The Morgan fingerprint density at radius 3 is 2.71 bits per heavy atom. The lowest BCUT2D eigenvalue weighted by Gasteiger charge is -2.12. The third-order valence-corrected chi connectivity index (χ3v) is 3.59. The van der Waals surface area contributed by atoms with E-state index < -0.39 is 5.97 Å². The van der Waals surface area contributed by atoms with E-state index in [-0.39, 0.29) is 0 Å². The summed E-state index contributed by atoms with van der Waals surface area (Å²) < 4.78 is 4.79. The SMILES string of the molecule is COC(=O)c1cc2cncnc2c(-c2ccccc2)c1Cl. The first-order valence-electron chi connectivity index (χ1n) is 6.28. The van der Waals surface area contributed by atoms with Gasteiger partial charge in [0, 0.05) is 17.1 Å². The largest absolute Gasteiger partial charge is 0.465 e. The average molecular weight is 299 g/mol. The number of esters is 1. The number of rotatable bonds is 2. The predicted octanol–water partition coefficient (Wildman–Crippen LogP) is 3.74. The number of carbonyl (C=O) groups is 1. The van der Waals surface area contributed by atoms with Crippen molar-refractivity contribution in [1.82, 2.24) is 9.97 Å². The second kappa shape index (κ2) is 5.50. The highest BCUT2D eigenvalue weighted by Crippen LogP contribution is 2.36. The number of ether oxygens (including phenoxy) is 1. The van der Waals surface area contributed by atoms with Crippen LogP contribution < -0.4 is 0 Å². The Bertz CT molecular complexity index is 819. The van der Waals surface area contributed by atoms with E-state index in [1.54, 1.807) is 12.3 Å². The molecule has 0 aliphatic carbocycles. The molecule has 0 saturated heterocycles. The molecule has 3 aromatic rings. The second-order valence-electron chi connectivity index (χ2n) is 4.43. The van der Waals surface area contributed by atoms with Crippen molar-refractivity contribution in [3.63, 3.8) is 0 Å². The fraction of sp³-hybridized carbons (Fsp3) is 0.0625. The number of hydrogen-bond donors (Lipinski definition) is 0. The van der Waals surface area contributed by atoms with E-state index in [0.717, 1.165) is 10.9 Å². The van der Waals surface area contributed by atoms with Crippen molar-refractivity contribution in [2.75, 3.05) is 7.11 Å². The van der Waals surface area contributed by atoms with Crippen LogP contribution in [0.2, 0.25) is 5.02 Å². The van der Waals surface area contributed by atoms with Gasteiger partial charge in [-0.05, 0) is 11.6 Å². The van der Waals surface area contributed by atoms with Crippen LogP contribution in [0.4, 0.5) is 0 Å². The maximum Gasteiger partial charge on any atom is 0.339 e. The topological polar surface area (TPSA) is 52.1 Å². The van der Waals surface area contributed by atoms with E-state index in [1.165, 1.54) is 13.4 Å². The smallest absolute Gasteiger partial charge is 0.339 e. The van der Waals surface area contributed by atoms with Gasteiger partial charge in [-0.2, -0.15) is 0 Å². The molecule has 0 aliphatic heterocycles. The summed E-state index contributed by atoms with van der Waals surface area (Å²) in [4.78, 5) is 20.2. The molecule has 0 spiro atoms. The fourth-order valence-corrected chi connectivity index (χ4v) is 2.57. The Morgan fingerprint density at radius 1 is 1.24 bits per heavy atom. The number of aromatic nitrogens is 2. The summed E-state index contributed by atoms with van der Waals surface area (Å²) in [5, 5.41) is 1.07. The van der Waals surface area contributed by atoms with Crippen LogP contribution in [-0.2, 0) is 4.74 Å². The molecule has 0 saturated carbocycles. The maximum absolute atomic E-state index is 11.9. The molecule has 21 heavy (non-hydrogen) atoms. The van der Waals surface area contributed by atoms with Gasteiger partial charge in [0.15, 0.2) is 0 Å². The molecule has 3 rings (SSSR count). The Morgan fingerprint density at radius 2 is 2.00 bits per heavy atom. The zero-order chi connectivity index (χ0) is 14.8. The van der Waals surface area contributed by atoms with Crippen LogP contribution >= 0.6 is 11.6 Å². The van der Waals surface area contributed by atoms with Crippen LogP contribution in [0.15, 0.2) is 48.9 Å². The van der Waals surface area contributed by atoms with Crippen molar-refractivity contribution in [2.45, 2.75) is 0 Å². The first-order chi connectivity index (χ1) is 10.2. The van der Waals surface area contributed by atoms with Crippen molar-refractivity contribution in [3.8, 4) is 11.1 Å². The van der Waals surface area contributed by atoms with Gasteiger partial charge < -0.3 is 4.74 Å². The molecule has 0 N–H and O–H groups in total.